The van der Waals surface area contributed by atoms with Crippen molar-refractivity contribution >= 4 is 0 Å². The van der Waals surface area contributed by atoms with Crippen LogP contribution in [0.5, 0.6) is 0 Å². The van der Waals surface area contributed by atoms with Gasteiger partial charge in [-0.15, -0.1) is 0 Å². The van der Waals surface area contributed by atoms with Gasteiger partial charge in [0, 0.05) is 6.08 Å². The van der Waals surface area contributed by atoms with Crippen molar-refractivity contribution in [2.24, 2.45) is 0 Å². The van der Waals surface area contributed by atoms with Crippen LogP contribution in [0.4, 0.5) is 13.2 Å². The molecule has 0 nitrogen and oxygen atoms in total. The Morgan fingerprint density at radius 3 is 2.27 bits per heavy atom. The molecule has 11 heavy (non-hydrogen) atoms. The van der Waals surface area contributed by atoms with Crippen molar-refractivity contribution < 1.29 is 13.2 Å². The highest BCUT2D eigenvalue weighted by Gasteiger charge is 2.21. The minimum atomic E-state index is -4.19. The first kappa shape index (κ1) is 10.3. The molecule has 0 N–H and O–H groups in total. The second-order valence-electron chi connectivity index (χ2n) is 2.27. The quantitative estimate of drug-likeness (QED) is 0.548. The molecule has 0 saturated heterocycles. The van der Waals surface area contributed by atoms with Gasteiger partial charge in [0.1, 0.15) is 0 Å². The third-order valence-electron chi connectivity index (χ3n) is 1.22. The van der Waals surface area contributed by atoms with Crippen molar-refractivity contribution in [1.82, 2.24) is 0 Å². The van der Waals surface area contributed by atoms with Gasteiger partial charge >= 0.3 is 6.18 Å². The predicted molar refractivity (Wildman–Crippen MR) is 39.2 cm³/mol. The van der Waals surface area contributed by atoms with Crippen molar-refractivity contribution in [3.8, 4) is 0 Å². The lowest BCUT2D eigenvalue weighted by atomic mass is 10.2. The number of allylic oxidation sites excluding steroid dienone is 4. The van der Waals surface area contributed by atoms with Gasteiger partial charge in [-0.2, -0.15) is 13.2 Å². The van der Waals surface area contributed by atoms with Crippen LogP contribution < -0.4 is 0 Å². The van der Waals surface area contributed by atoms with Crippen LogP contribution in [0.2, 0.25) is 0 Å². The van der Waals surface area contributed by atoms with E-state index in [0.29, 0.717) is 0 Å². The van der Waals surface area contributed by atoms with Gasteiger partial charge < -0.3 is 0 Å². The van der Waals surface area contributed by atoms with Gasteiger partial charge in [0.2, 0.25) is 0 Å². The number of alkyl halides is 3. The summed E-state index contributed by atoms with van der Waals surface area (Å²) in [4.78, 5) is 0. The Balaban J connectivity index is 3.96. The smallest absolute Gasteiger partial charge is 0.167 e. The highest BCUT2D eigenvalue weighted by molar-refractivity contribution is 5.11. The van der Waals surface area contributed by atoms with Crippen LogP contribution >= 0.6 is 0 Å². The summed E-state index contributed by atoms with van der Waals surface area (Å²) in [5.74, 6) is 0. The van der Waals surface area contributed by atoms with Crippen molar-refractivity contribution in [3.05, 3.63) is 23.8 Å². The van der Waals surface area contributed by atoms with E-state index in [4.69, 9.17) is 0 Å². The maximum absolute atomic E-state index is 11.5. The molecule has 0 aliphatic carbocycles. The molecule has 0 rings (SSSR count). The molecule has 64 valence electrons. The Morgan fingerprint density at radius 2 is 1.91 bits per heavy atom. The Bertz CT molecular complexity index is 163. The third kappa shape index (κ3) is 7.16. The fraction of sp³-hybridized carbons (Fsp3) is 0.500. The summed E-state index contributed by atoms with van der Waals surface area (Å²) in [6.07, 6.45) is -0.689. The molecule has 0 amide bonds. The zero-order valence-electron chi connectivity index (χ0n) is 6.57. The number of hydrogen-bond acceptors (Lipinski definition) is 0. The monoisotopic (exact) mass is 164 g/mol. The average Bonchev–Trinajstić information content (AvgIpc) is 1.85. The first-order valence-corrected chi connectivity index (χ1v) is 3.37. The Labute approximate surface area is 64.4 Å². The molecule has 0 bridgehead atoms. The van der Waals surface area contributed by atoms with Gasteiger partial charge in [-0.05, 0) is 13.3 Å². The van der Waals surface area contributed by atoms with Crippen molar-refractivity contribution in [2.45, 2.75) is 26.4 Å². The molecule has 0 unspecified atom stereocenters. The van der Waals surface area contributed by atoms with E-state index >= 15 is 0 Å². The third-order valence-corrected chi connectivity index (χ3v) is 1.22. The summed E-state index contributed by atoms with van der Waals surface area (Å²) < 4.78 is 34.5. The van der Waals surface area contributed by atoms with Gasteiger partial charge in [-0.1, -0.05) is 24.6 Å². The van der Waals surface area contributed by atoms with Crippen LogP contribution in [0.1, 0.15) is 20.3 Å². The second-order valence-corrected chi connectivity index (χ2v) is 2.27. The van der Waals surface area contributed by atoms with Crippen LogP contribution in [0.25, 0.3) is 0 Å². The average molecular weight is 164 g/mol. The van der Waals surface area contributed by atoms with Crippen LogP contribution in [0.15, 0.2) is 23.8 Å². The van der Waals surface area contributed by atoms with Gasteiger partial charge in [0.05, 0.1) is 0 Å². The van der Waals surface area contributed by atoms with E-state index in [2.05, 4.69) is 0 Å². The van der Waals surface area contributed by atoms with E-state index in [0.717, 1.165) is 18.1 Å². The minimum Gasteiger partial charge on any atom is -0.167 e. The molecular weight excluding hydrogens is 153 g/mol. The maximum atomic E-state index is 11.5. The maximum Gasteiger partial charge on any atom is 0.409 e. The molecule has 0 saturated carbocycles. The van der Waals surface area contributed by atoms with Crippen LogP contribution in [0.3, 0.4) is 0 Å². The van der Waals surface area contributed by atoms with Crippen LogP contribution in [-0.4, -0.2) is 6.18 Å². The highest BCUT2D eigenvalue weighted by Crippen LogP contribution is 2.16. The predicted octanol–water partition coefficient (Wildman–Crippen LogP) is 3.46. The summed E-state index contributed by atoms with van der Waals surface area (Å²) in [6.45, 7) is 3.69. The molecule has 0 radical (unpaired) electrons. The summed E-state index contributed by atoms with van der Waals surface area (Å²) in [5, 5.41) is 0. The SMILES string of the molecule is CC/C(C)=C\C=C\C(F)(F)F. The van der Waals surface area contributed by atoms with Gasteiger partial charge in [0.15, 0.2) is 0 Å². The first-order chi connectivity index (χ1) is 4.95. The van der Waals surface area contributed by atoms with Gasteiger partial charge in [-0.25, -0.2) is 0 Å². The van der Waals surface area contributed by atoms with E-state index in [1.165, 1.54) is 6.08 Å². The second kappa shape index (κ2) is 4.21. The molecule has 0 aliphatic rings. The Morgan fingerprint density at radius 1 is 1.36 bits per heavy atom. The largest absolute Gasteiger partial charge is 0.409 e. The van der Waals surface area contributed by atoms with Crippen LogP contribution in [0, 0.1) is 0 Å². The highest BCUT2D eigenvalue weighted by atomic mass is 19.4. The zero-order valence-corrected chi connectivity index (χ0v) is 6.57. The van der Waals surface area contributed by atoms with Crippen LogP contribution in [-0.2, 0) is 0 Å². The van der Waals surface area contributed by atoms with Gasteiger partial charge in [0.25, 0.3) is 0 Å². The molecule has 0 aromatic rings. The first-order valence-electron chi connectivity index (χ1n) is 3.37. The Hall–Kier alpha value is -0.730. The van der Waals surface area contributed by atoms with E-state index < -0.39 is 6.18 Å². The summed E-state index contributed by atoms with van der Waals surface area (Å²) >= 11 is 0. The standard InChI is InChI=1S/C8H11F3/c1-3-7(2)5-4-6-8(9,10)11/h4-6H,3H2,1-2H3/b6-4+,7-5-. The fourth-order valence-electron chi connectivity index (χ4n) is 0.439. The molecule has 3 heteroatoms. The molecule has 0 aliphatic heterocycles. The summed E-state index contributed by atoms with van der Waals surface area (Å²) in [7, 11) is 0. The Kier molecular flexibility index (Phi) is 3.93. The van der Waals surface area contributed by atoms with Crippen molar-refractivity contribution in [2.75, 3.05) is 0 Å². The van der Waals surface area contributed by atoms with Crippen molar-refractivity contribution in [1.29, 1.82) is 0 Å². The van der Waals surface area contributed by atoms with E-state index in [-0.39, 0.29) is 6.08 Å². The summed E-state index contributed by atoms with van der Waals surface area (Å²) in [5.41, 5.74) is 0.936. The lowest BCUT2D eigenvalue weighted by Gasteiger charge is -1.95. The molecule has 0 spiro atoms. The number of halogens is 3. The fourth-order valence-corrected chi connectivity index (χ4v) is 0.439. The number of rotatable bonds is 2. The van der Waals surface area contributed by atoms with E-state index in [1.54, 1.807) is 6.92 Å². The molecule has 0 aromatic carbocycles. The zero-order chi connectivity index (χ0) is 8.91. The lowest BCUT2D eigenvalue weighted by molar-refractivity contribution is -0.0798. The van der Waals surface area contributed by atoms with E-state index in [9.17, 15) is 13.2 Å². The minimum absolute atomic E-state index is 0.228. The number of hydrogen-bond donors (Lipinski definition) is 0. The van der Waals surface area contributed by atoms with E-state index in [1.807, 2.05) is 6.92 Å². The summed E-state index contributed by atoms with van der Waals surface area (Å²) in [6, 6.07) is 0. The molecule has 0 aromatic heterocycles. The van der Waals surface area contributed by atoms with Gasteiger partial charge in [-0.3, -0.25) is 0 Å². The normalized spacial score (nSPS) is 14.5. The molecule has 0 atom stereocenters. The molecule has 0 fully saturated rings. The lowest BCUT2D eigenvalue weighted by Crippen LogP contribution is -1.99. The molecule has 0 heterocycles. The molecular formula is C8H11F3. The van der Waals surface area contributed by atoms with Crippen molar-refractivity contribution in [3.63, 3.8) is 0 Å². The topological polar surface area (TPSA) is 0 Å².